The Labute approximate surface area is 96.8 Å². The van der Waals surface area contributed by atoms with E-state index in [-0.39, 0.29) is 18.4 Å². The average molecular weight is 273 g/mol. The van der Waals surface area contributed by atoms with E-state index in [1.165, 1.54) is 0 Å². The van der Waals surface area contributed by atoms with Crippen molar-refractivity contribution in [3.63, 3.8) is 0 Å². The molecule has 0 spiro atoms. The Morgan fingerprint density at radius 2 is 2.40 bits per heavy atom. The van der Waals surface area contributed by atoms with Gasteiger partial charge in [0.1, 0.15) is 4.60 Å². The maximum atomic E-state index is 11.5. The molecule has 0 fully saturated rings. The summed E-state index contributed by atoms with van der Waals surface area (Å²) in [6, 6.07) is 3.52. The minimum atomic E-state index is -0.196. The highest BCUT2D eigenvalue weighted by atomic mass is 79.9. The molecule has 1 rings (SSSR count). The number of aliphatic hydroxyl groups is 1. The first-order chi connectivity index (χ1) is 7.13. The van der Waals surface area contributed by atoms with Gasteiger partial charge in [-0.3, -0.25) is 4.79 Å². The highest BCUT2D eigenvalue weighted by Gasteiger charge is 2.11. The highest BCUT2D eigenvalue weighted by Crippen LogP contribution is 2.12. The largest absolute Gasteiger partial charge is 0.396 e. The van der Waals surface area contributed by atoms with Crippen molar-refractivity contribution >= 4 is 27.5 Å². The van der Waals surface area contributed by atoms with Crippen molar-refractivity contribution in [3.8, 4) is 0 Å². The monoisotopic (exact) mass is 272 g/mol. The smallest absolute Gasteiger partial charge is 0.227 e. The fraction of sp³-hybridized carbons (Fsp3) is 0.400. The number of carbonyl (C=O) groups excluding carboxylic acids is 1. The summed E-state index contributed by atoms with van der Waals surface area (Å²) < 4.78 is 0.726. The van der Waals surface area contributed by atoms with E-state index in [0.717, 1.165) is 4.60 Å². The summed E-state index contributed by atoms with van der Waals surface area (Å²) in [6.07, 6.45) is 2.05. The molecule has 0 radical (unpaired) electrons. The zero-order valence-electron chi connectivity index (χ0n) is 8.40. The zero-order chi connectivity index (χ0) is 11.3. The van der Waals surface area contributed by atoms with Gasteiger partial charge in [0.2, 0.25) is 5.91 Å². The summed E-state index contributed by atoms with van der Waals surface area (Å²) in [6.45, 7) is 1.80. The van der Waals surface area contributed by atoms with Crippen molar-refractivity contribution in [3.05, 3.63) is 22.9 Å². The lowest BCUT2D eigenvalue weighted by Crippen LogP contribution is -2.21. The third-order valence-corrected chi connectivity index (χ3v) is 2.47. The molecule has 1 atom stereocenters. The van der Waals surface area contributed by atoms with Crippen molar-refractivity contribution in [2.45, 2.75) is 13.3 Å². The van der Waals surface area contributed by atoms with Gasteiger partial charge in [-0.25, -0.2) is 4.98 Å². The highest BCUT2D eigenvalue weighted by molar-refractivity contribution is 9.10. The van der Waals surface area contributed by atoms with Crippen LogP contribution in [-0.4, -0.2) is 22.6 Å². The topological polar surface area (TPSA) is 62.2 Å². The number of pyridine rings is 1. The second-order valence-electron chi connectivity index (χ2n) is 3.27. The second-order valence-corrected chi connectivity index (χ2v) is 4.08. The standard InChI is InChI=1S/C10H13BrN2O2/c1-7(4-5-14)10(15)13-8-2-3-9(11)12-6-8/h2-3,6-7,14H,4-5H2,1H3,(H,13,15). The van der Waals surface area contributed by atoms with Crippen molar-refractivity contribution in [2.75, 3.05) is 11.9 Å². The van der Waals surface area contributed by atoms with Gasteiger partial charge >= 0.3 is 0 Å². The molecule has 0 aliphatic rings. The van der Waals surface area contributed by atoms with E-state index in [9.17, 15) is 4.79 Å². The van der Waals surface area contributed by atoms with Gasteiger partial charge in [0.05, 0.1) is 11.9 Å². The first-order valence-corrected chi connectivity index (χ1v) is 5.46. The van der Waals surface area contributed by atoms with Gasteiger partial charge in [-0.15, -0.1) is 0 Å². The Balaban J connectivity index is 2.54. The van der Waals surface area contributed by atoms with E-state index in [2.05, 4.69) is 26.2 Å². The normalized spacial score (nSPS) is 12.2. The van der Waals surface area contributed by atoms with E-state index < -0.39 is 0 Å². The van der Waals surface area contributed by atoms with Crippen LogP contribution in [0.3, 0.4) is 0 Å². The summed E-state index contributed by atoms with van der Waals surface area (Å²) in [5, 5.41) is 11.4. The summed E-state index contributed by atoms with van der Waals surface area (Å²) in [4.78, 5) is 15.5. The Morgan fingerprint density at radius 1 is 1.67 bits per heavy atom. The lowest BCUT2D eigenvalue weighted by Gasteiger charge is -2.10. The number of aliphatic hydroxyl groups excluding tert-OH is 1. The third-order valence-electron chi connectivity index (χ3n) is 2.00. The Kier molecular flexibility index (Phi) is 4.71. The summed E-state index contributed by atoms with van der Waals surface area (Å²) in [5.74, 6) is -0.299. The quantitative estimate of drug-likeness (QED) is 0.822. The third kappa shape index (κ3) is 3.97. The van der Waals surface area contributed by atoms with Crippen LogP contribution in [0.5, 0.6) is 0 Å². The maximum absolute atomic E-state index is 11.5. The molecule has 1 aromatic heterocycles. The van der Waals surface area contributed by atoms with Gasteiger partial charge in [0.15, 0.2) is 0 Å². The molecule has 1 heterocycles. The van der Waals surface area contributed by atoms with Gasteiger partial charge in [0, 0.05) is 12.5 Å². The van der Waals surface area contributed by atoms with Gasteiger partial charge in [-0.05, 0) is 34.5 Å². The zero-order valence-corrected chi connectivity index (χ0v) is 9.99. The summed E-state index contributed by atoms with van der Waals surface area (Å²) in [5.41, 5.74) is 0.660. The van der Waals surface area contributed by atoms with Gasteiger partial charge < -0.3 is 10.4 Å². The fourth-order valence-electron chi connectivity index (χ4n) is 1.04. The van der Waals surface area contributed by atoms with Gasteiger partial charge in [-0.1, -0.05) is 6.92 Å². The van der Waals surface area contributed by atoms with Crippen LogP contribution in [0.4, 0.5) is 5.69 Å². The molecule has 0 aliphatic heterocycles. The minimum Gasteiger partial charge on any atom is -0.396 e. The summed E-state index contributed by atoms with van der Waals surface area (Å²) >= 11 is 3.21. The van der Waals surface area contributed by atoms with Crippen molar-refractivity contribution in [1.82, 2.24) is 4.98 Å². The maximum Gasteiger partial charge on any atom is 0.227 e. The van der Waals surface area contributed by atoms with Crippen LogP contribution < -0.4 is 5.32 Å². The van der Waals surface area contributed by atoms with E-state index in [4.69, 9.17) is 5.11 Å². The van der Waals surface area contributed by atoms with Crippen molar-refractivity contribution < 1.29 is 9.90 Å². The van der Waals surface area contributed by atoms with Crippen LogP contribution in [0.15, 0.2) is 22.9 Å². The number of hydrogen-bond acceptors (Lipinski definition) is 3. The van der Waals surface area contributed by atoms with Crippen molar-refractivity contribution in [1.29, 1.82) is 0 Å². The first kappa shape index (κ1) is 12.1. The van der Waals surface area contributed by atoms with Gasteiger partial charge in [-0.2, -0.15) is 0 Å². The first-order valence-electron chi connectivity index (χ1n) is 4.66. The van der Waals surface area contributed by atoms with E-state index in [1.54, 1.807) is 25.3 Å². The van der Waals surface area contributed by atoms with Crippen LogP contribution in [0.25, 0.3) is 0 Å². The van der Waals surface area contributed by atoms with E-state index in [0.29, 0.717) is 12.1 Å². The molecule has 1 unspecified atom stereocenters. The number of halogens is 1. The van der Waals surface area contributed by atoms with Crippen LogP contribution >= 0.6 is 15.9 Å². The molecule has 1 amide bonds. The molecule has 2 N–H and O–H groups in total. The molecule has 5 heteroatoms. The van der Waals surface area contributed by atoms with Crippen LogP contribution in [0.2, 0.25) is 0 Å². The molecule has 4 nitrogen and oxygen atoms in total. The number of rotatable bonds is 4. The lowest BCUT2D eigenvalue weighted by atomic mass is 10.1. The van der Waals surface area contributed by atoms with E-state index >= 15 is 0 Å². The predicted octanol–water partition coefficient (Wildman–Crippen LogP) is 1.80. The van der Waals surface area contributed by atoms with Crippen molar-refractivity contribution in [2.24, 2.45) is 5.92 Å². The number of nitrogens with one attached hydrogen (secondary N) is 1. The number of amides is 1. The molecular formula is C10H13BrN2O2. The molecule has 0 aromatic carbocycles. The lowest BCUT2D eigenvalue weighted by molar-refractivity contribution is -0.119. The molecular weight excluding hydrogens is 260 g/mol. The fourth-order valence-corrected chi connectivity index (χ4v) is 1.27. The molecule has 0 saturated carbocycles. The number of hydrogen-bond donors (Lipinski definition) is 2. The molecule has 0 saturated heterocycles. The Hall–Kier alpha value is -0.940. The van der Waals surface area contributed by atoms with Crippen LogP contribution in [0, 0.1) is 5.92 Å². The van der Waals surface area contributed by atoms with Gasteiger partial charge in [0.25, 0.3) is 0 Å². The number of nitrogens with zero attached hydrogens (tertiary/aromatic N) is 1. The molecule has 0 aliphatic carbocycles. The molecule has 15 heavy (non-hydrogen) atoms. The predicted molar refractivity (Wildman–Crippen MR) is 61.4 cm³/mol. The number of carbonyl (C=O) groups is 1. The van der Waals surface area contributed by atoms with Crippen LogP contribution in [0.1, 0.15) is 13.3 Å². The van der Waals surface area contributed by atoms with E-state index in [1.807, 2.05) is 0 Å². The number of aromatic nitrogens is 1. The average Bonchev–Trinajstić information content (AvgIpc) is 2.22. The Morgan fingerprint density at radius 3 is 2.93 bits per heavy atom. The minimum absolute atomic E-state index is 0.0210. The number of anilines is 1. The Bertz CT molecular complexity index is 327. The molecule has 1 aromatic rings. The van der Waals surface area contributed by atoms with Crippen LogP contribution in [-0.2, 0) is 4.79 Å². The summed E-state index contributed by atoms with van der Waals surface area (Å²) in [7, 11) is 0. The SMILES string of the molecule is CC(CCO)C(=O)Nc1ccc(Br)nc1. The molecule has 0 bridgehead atoms. The molecule has 82 valence electrons. The second kappa shape index (κ2) is 5.82.